The Morgan fingerprint density at radius 1 is 1.00 bits per heavy atom. The number of hydrogen-bond acceptors (Lipinski definition) is 2. The van der Waals surface area contributed by atoms with Crippen molar-refractivity contribution in [2.75, 3.05) is 0 Å². The van der Waals surface area contributed by atoms with E-state index in [0.717, 1.165) is 0 Å². The van der Waals surface area contributed by atoms with Crippen LogP contribution in [0, 0.1) is 0 Å². The molecule has 0 aliphatic rings. The van der Waals surface area contributed by atoms with Crippen molar-refractivity contribution in [3.63, 3.8) is 0 Å². The molecular formula is C7H7Cl3N2. The molecule has 66 valence electrons. The molecule has 0 aliphatic carbocycles. The molecule has 12 heavy (non-hydrogen) atoms. The van der Waals surface area contributed by atoms with E-state index in [2.05, 4.69) is 9.97 Å². The minimum absolute atomic E-state index is 0.192. The Kier molecular flexibility index (Phi) is 3.16. The molecular weight excluding hydrogens is 218 g/mol. The fourth-order valence-electron chi connectivity index (χ4n) is 0.668. The smallest absolute Gasteiger partial charge is 0.152 e. The van der Waals surface area contributed by atoms with Gasteiger partial charge in [-0.05, 0) is 0 Å². The first-order chi connectivity index (χ1) is 5.52. The van der Waals surface area contributed by atoms with E-state index in [4.69, 9.17) is 34.8 Å². The van der Waals surface area contributed by atoms with Crippen LogP contribution in [0.4, 0.5) is 0 Å². The molecule has 2 nitrogen and oxygen atoms in total. The minimum Gasteiger partial charge on any atom is -0.219 e. The van der Waals surface area contributed by atoms with Crippen molar-refractivity contribution in [3.8, 4) is 0 Å². The summed E-state index contributed by atoms with van der Waals surface area (Å²) >= 11 is 17.1. The van der Waals surface area contributed by atoms with Crippen LogP contribution in [0.15, 0.2) is 0 Å². The van der Waals surface area contributed by atoms with Gasteiger partial charge >= 0.3 is 0 Å². The summed E-state index contributed by atoms with van der Waals surface area (Å²) in [5, 5.41) is 0.628. The highest BCUT2D eigenvalue weighted by Crippen LogP contribution is 2.27. The zero-order chi connectivity index (χ0) is 9.30. The van der Waals surface area contributed by atoms with Crippen molar-refractivity contribution < 1.29 is 0 Å². The predicted octanol–water partition coefficient (Wildman–Crippen LogP) is 3.56. The van der Waals surface area contributed by atoms with Crippen molar-refractivity contribution in [1.82, 2.24) is 9.97 Å². The number of rotatable bonds is 1. The lowest BCUT2D eigenvalue weighted by Gasteiger charge is -2.05. The van der Waals surface area contributed by atoms with Crippen molar-refractivity contribution >= 4 is 34.8 Å². The number of hydrogen-bond donors (Lipinski definition) is 0. The Labute approximate surface area is 85.9 Å². The van der Waals surface area contributed by atoms with Crippen LogP contribution in [-0.2, 0) is 0 Å². The highest BCUT2D eigenvalue weighted by Gasteiger charge is 2.10. The normalized spacial score (nSPS) is 10.8. The van der Waals surface area contributed by atoms with E-state index in [9.17, 15) is 0 Å². The lowest BCUT2D eigenvalue weighted by Crippen LogP contribution is -1.98. The quantitative estimate of drug-likeness (QED) is 0.683. The lowest BCUT2D eigenvalue weighted by atomic mass is 10.2. The van der Waals surface area contributed by atoms with Gasteiger partial charge in [0.2, 0.25) is 0 Å². The molecule has 0 N–H and O–H groups in total. The average molecular weight is 226 g/mol. The SMILES string of the molecule is CC(C)c1nc(Cl)c(Cl)c(Cl)n1. The third-order valence-electron chi connectivity index (χ3n) is 1.30. The summed E-state index contributed by atoms with van der Waals surface area (Å²) < 4.78 is 0. The molecule has 0 aromatic carbocycles. The Morgan fingerprint density at radius 2 is 1.42 bits per heavy atom. The molecule has 1 rings (SSSR count). The Hall–Kier alpha value is -0.0500. The van der Waals surface area contributed by atoms with E-state index in [0.29, 0.717) is 5.82 Å². The van der Waals surface area contributed by atoms with E-state index >= 15 is 0 Å². The summed E-state index contributed by atoms with van der Waals surface area (Å²) in [5.74, 6) is 0.798. The van der Waals surface area contributed by atoms with Gasteiger partial charge < -0.3 is 0 Å². The van der Waals surface area contributed by atoms with E-state index in [-0.39, 0.29) is 21.2 Å². The van der Waals surface area contributed by atoms with Crippen LogP contribution in [0.25, 0.3) is 0 Å². The van der Waals surface area contributed by atoms with Gasteiger partial charge in [0.05, 0.1) is 0 Å². The average Bonchev–Trinajstić information content (AvgIpc) is 1.99. The van der Waals surface area contributed by atoms with Crippen molar-refractivity contribution in [3.05, 3.63) is 21.2 Å². The molecule has 0 atom stereocenters. The van der Waals surface area contributed by atoms with E-state index in [1.54, 1.807) is 0 Å². The maximum Gasteiger partial charge on any atom is 0.152 e. The summed E-state index contributed by atoms with van der Waals surface area (Å²) in [6.07, 6.45) is 0. The lowest BCUT2D eigenvalue weighted by molar-refractivity contribution is 0.774. The summed E-state index contributed by atoms with van der Waals surface area (Å²) in [4.78, 5) is 7.94. The Morgan fingerprint density at radius 3 is 1.75 bits per heavy atom. The maximum atomic E-state index is 5.70. The zero-order valence-electron chi connectivity index (χ0n) is 6.61. The van der Waals surface area contributed by atoms with Gasteiger partial charge in [0.25, 0.3) is 0 Å². The molecule has 1 aromatic heterocycles. The molecule has 1 aromatic rings. The number of aromatic nitrogens is 2. The minimum atomic E-state index is 0.192. The molecule has 0 fully saturated rings. The van der Waals surface area contributed by atoms with Crippen LogP contribution in [0.2, 0.25) is 15.3 Å². The standard InChI is InChI=1S/C7H7Cl3N2/c1-3(2)7-11-5(9)4(8)6(10)12-7/h3H,1-2H3. The van der Waals surface area contributed by atoms with Crippen molar-refractivity contribution in [2.24, 2.45) is 0 Å². The van der Waals surface area contributed by atoms with Gasteiger partial charge in [0, 0.05) is 5.92 Å². The second-order valence-electron chi connectivity index (χ2n) is 2.63. The molecule has 0 aliphatic heterocycles. The first-order valence-electron chi connectivity index (χ1n) is 3.40. The zero-order valence-corrected chi connectivity index (χ0v) is 8.87. The van der Waals surface area contributed by atoms with Crippen LogP contribution < -0.4 is 0 Å². The predicted molar refractivity (Wildman–Crippen MR) is 51.2 cm³/mol. The fraction of sp³-hybridized carbons (Fsp3) is 0.429. The Balaban J connectivity index is 3.21. The van der Waals surface area contributed by atoms with Gasteiger partial charge in [-0.2, -0.15) is 0 Å². The third kappa shape index (κ3) is 2.00. The second kappa shape index (κ2) is 3.77. The van der Waals surface area contributed by atoms with Crippen LogP contribution in [0.3, 0.4) is 0 Å². The topological polar surface area (TPSA) is 25.8 Å². The first-order valence-corrected chi connectivity index (χ1v) is 4.54. The first kappa shape index (κ1) is 10.0. The summed E-state index contributed by atoms with van der Waals surface area (Å²) in [6, 6.07) is 0. The molecule has 0 radical (unpaired) electrons. The number of nitrogens with zero attached hydrogens (tertiary/aromatic N) is 2. The van der Waals surface area contributed by atoms with Crippen LogP contribution >= 0.6 is 34.8 Å². The van der Waals surface area contributed by atoms with Gasteiger partial charge in [-0.15, -0.1) is 0 Å². The molecule has 0 bridgehead atoms. The molecule has 0 saturated carbocycles. The van der Waals surface area contributed by atoms with E-state index < -0.39 is 0 Å². The van der Waals surface area contributed by atoms with Gasteiger partial charge in [-0.1, -0.05) is 48.7 Å². The largest absolute Gasteiger partial charge is 0.219 e. The molecule has 0 amide bonds. The summed E-state index contributed by atoms with van der Waals surface area (Å²) in [6.45, 7) is 3.91. The van der Waals surface area contributed by atoms with Gasteiger partial charge in [-0.25, -0.2) is 9.97 Å². The van der Waals surface area contributed by atoms with E-state index in [1.807, 2.05) is 13.8 Å². The Bertz CT molecular complexity index is 276. The summed E-state index contributed by atoms with van der Waals surface area (Å²) in [7, 11) is 0. The monoisotopic (exact) mass is 224 g/mol. The van der Waals surface area contributed by atoms with Crippen LogP contribution in [0.5, 0.6) is 0 Å². The van der Waals surface area contributed by atoms with Crippen LogP contribution in [0.1, 0.15) is 25.6 Å². The highest BCUT2D eigenvalue weighted by molar-refractivity contribution is 6.46. The highest BCUT2D eigenvalue weighted by atomic mass is 35.5. The molecule has 0 spiro atoms. The van der Waals surface area contributed by atoms with E-state index in [1.165, 1.54) is 0 Å². The molecule has 5 heteroatoms. The molecule has 0 saturated heterocycles. The van der Waals surface area contributed by atoms with Crippen molar-refractivity contribution in [1.29, 1.82) is 0 Å². The van der Waals surface area contributed by atoms with Crippen molar-refractivity contribution in [2.45, 2.75) is 19.8 Å². The third-order valence-corrected chi connectivity index (χ3v) is 2.40. The molecule has 1 heterocycles. The maximum absolute atomic E-state index is 5.70. The van der Waals surface area contributed by atoms with Gasteiger partial charge in [-0.3, -0.25) is 0 Å². The summed E-state index contributed by atoms with van der Waals surface area (Å²) in [5.41, 5.74) is 0. The second-order valence-corrected chi connectivity index (χ2v) is 3.73. The fourth-order valence-corrected chi connectivity index (χ4v) is 1.15. The van der Waals surface area contributed by atoms with Gasteiger partial charge in [0.15, 0.2) is 10.3 Å². The van der Waals surface area contributed by atoms with Gasteiger partial charge in [0.1, 0.15) is 10.8 Å². The molecule has 0 unspecified atom stereocenters. The number of halogens is 3. The van der Waals surface area contributed by atoms with Crippen LogP contribution in [-0.4, -0.2) is 9.97 Å².